The first-order chi connectivity index (χ1) is 9.00. The van der Waals surface area contributed by atoms with Gasteiger partial charge >= 0.3 is 6.18 Å². The van der Waals surface area contributed by atoms with E-state index in [2.05, 4.69) is 20.6 Å². The van der Waals surface area contributed by atoms with E-state index in [1.165, 1.54) is 0 Å². The molecule has 2 N–H and O–H groups in total. The highest BCUT2D eigenvalue weighted by atomic mass is 19.4. The Morgan fingerprint density at radius 3 is 2.42 bits per heavy atom. The monoisotopic (exact) mass is 272 g/mol. The highest BCUT2D eigenvalue weighted by Crippen LogP contribution is 2.48. The van der Waals surface area contributed by atoms with Crippen LogP contribution < -0.4 is 10.6 Å². The molecule has 1 saturated carbocycles. The van der Waals surface area contributed by atoms with Crippen molar-refractivity contribution >= 4 is 0 Å². The third kappa shape index (κ3) is 2.44. The predicted molar refractivity (Wildman–Crippen MR) is 62.5 cm³/mol. The van der Waals surface area contributed by atoms with Crippen LogP contribution in [0.4, 0.5) is 13.2 Å². The van der Waals surface area contributed by atoms with Crippen molar-refractivity contribution in [2.24, 2.45) is 0 Å². The van der Waals surface area contributed by atoms with E-state index in [0.29, 0.717) is 11.6 Å². The van der Waals surface area contributed by atoms with Gasteiger partial charge in [0.2, 0.25) is 0 Å². The van der Waals surface area contributed by atoms with Crippen LogP contribution in [-0.4, -0.2) is 34.8 Å². The summed E-state index contributed by atoms with van der Waals surface area (Å²) >= 11 is 0. The maximum Gasteiger partial charge on any atom is 0.406 e. The van der Waals surface area contributed by atoms with Crippen LogP contribution in [0.2, 0.25) is 0 Å². The second-order valence-electron chi connectivity index (χ2n) is 5.22. The fourth-order valence-electron chi connectivity index (χ4n) is 2.11. The first-order valence-corrected chi connectivity index (χ1v) is 6.33. The van der Waals surface area contributed by atoms with Gasteiger partial charge in [-0.3, -0.25) is 15.3 Å². The molecule has 0 radical (unpaired) electrons. The normalized spacial score (nSPS) is 22.1. The summed E-state index contributed by atoms with van der Waals surface area (Å²) in [5.74, 6) is 0.388. The van der Waals surface area contributed by atoms with Crippen LogP contribution in [0.25, 0.3) is 0 Å². The summed E-state index contributed by atoms with van der Waals surface area (Å²) in [6, 6.07) is 0. The third-order valence-corrected chi connectivity index (χ3v) is 3.83. The van der Waals surface area contributed by atoms with Gasteiger partial charge in [0.25, 0.3) is 0 Å². The van der Waals surface area contributed by atoms with E-state index < -0.39 is 11.7 Å². The van der Waals surface area contributed by atoms with Gasteiger partial charge in [0.15, 0.2) is 0 Å². The summed E-state index contributed by atoms with van der Waals surface area (Å²) in [5, 5.41) is 5.70. The summed E-state index contributed by atoms with van der Waals surface area (Å²) in [6.45, 7) is 1.89. The van der Waals surface area contributed by atoms with Gasteiger partial charge in [-0.25, -0.2) is 0 Å². The number of rotatable bonds is 4. The zero-order valence-electron chi connectivity index (χ0n) is 10.3. The van der Waals surface area contributed by atoms with E-state index in [0.717, 1.165) is 18.8 Å². The summed E-state index contributed by atoms with van der Waals surface area (Å²) < 4.78 is 38.1. The van der Waals surface area contributed by atoms with Crippen LogP contribution in [-0.2, 0) is 6.54 Å². The number of nitrogens with one attached hydrogen (secondary N) is 2. The predicted octanol–water partition coefficient (Wildman–Crippen LogP) is 1.35. The smallest absolute Gasteiger partial charge is 0.315 e. The fraction of sp³-hybridized carbons (Fsp3) is 0.667. The van der Waals surface area contributed by atoms with E-state index in [1.807, 2.05) is 0 Å². The Bertz CT molecular complexity index is 449. The molecule has 1 aliphatic heterocycles. The Morgan fingerprint density at radius 2 is 2.00 bits per heavy atom. The van der Waals surface area contributed by atoms with Gasteiger partial charge in [-0.1, -0.05) is 0 Å². The van der Waals surface area contributed by atoms with Crippen LogP contribution in [0.15, 0.2) is 12.4 Å². The topological polar surface area (TPSA) is 49.8 Å². The van der Waals surface area contributed by atoms with Crippen molar-refractivity contribution in [1.29, 1.82) is 0 Å². The largest absolute Gasteiger partial charge is 0.406 e. The van der Waals surface area contributed by atoms with Crippen LogP contribution in [0.5, 0.6) is 0 Å². The van der Waals surface area contributed by atoms with Crippen molar-refractivity contribution in [3.8, 4) is 0 Å². The van der Waals surface area contributed by atoms with E-state index in [9.17, 15) is 13.2 Å². The summed E-state index contributed by atoms with van der Waals surface area (Å²) in [5.41, 5.74) is -0.239. The Kier molecular flexibility index (Phi) is 2.98. The average Bonchev–Trinajstić information content (AvgIpc) is 3.06. The first-order valence-electron chi connectivity index (χ1n) is 6.33. The van der Waals surface area contributed by atoms with Gasteiger partial charge in [-0.05, 0) is 12.8 Å². The number of hydrogen-bond donors (Lipinski definition) is 2. The SMILES string of the molecule is FC(F)(F)C1(NCc2cnc(C3CNC3)cn2)CC1. The number of hydrogen-bond acceptors (Lipinski definition) is 4. The molecular formula is C12H15F3N4. The maximum atomic E-state index is 12.7. The molecule has 1 saturated heterocycles. The molecule has 0 aromatic carbocycles. The molecule has 3 rings (SSSR count). The summed E-state index contributed by atoms with van der Waals surface area (Å²) in [6.07, 6.45) is -0.660. The highest BCUT2D eigenvalue weighted by molar-refractivity contribution is 5.13. The van der Waals surface area contributed by atoms with E-state index in [1.54, 1.807) is 12.4 Å². The number of halogens is 3. The molecule has 1 aromatic heterocycles. The van der Waals surface area contributed by atoms with Crippen molar-refractivity contribution in [3.63, 3.8) is 0 Å². The van der Waals surface area contributed by atoms with Gasteiger partial charge in [0.1, 0.15) is 5.54 Å². The molecule has 2 heterocycles. The van der Waals surface area contributed by atoms with Crippen molar-refractivity contribution in [2.45, 2.75) is 37.0 Å². The zero-order valence-corrected chi connectivity index (χ0v) is 10.3. The van der Waals surface area contributed by atoms with Gasteiger partial charge in [0, 0.05) is 31.7 Å². The minimum absolute atomic E-state index is 0.107. The molecule has 0 atom stereocenters. The lowest BCUT2D eigenvalue weighted by atomic mass is 10.00. The molecule has 0 amide bonds. The van der Waals surface area contributed by atoms with Crippen molar-refractivity contribution < 1.29 is 13.2 Å². The van der Waals surface area contributed by atoms with Gasteiger partial charge in [-0.15, -0.1) is 0 Å². The number of nitrogens with zero attached hydrogens (tertiary/aromatic N) is 2. The molecule has 1 aliphatic carbocycles. The van der Waals surface area contributed by atoms with Gasteiger partial charge in [-0.2, -0.15) is 13.2 Å². The lowest BCUT2D eigenvalue weighted by molar-refractivity contribution is -0.166. The Hall–Kier alpha value is -1.21. The molecular weight excluding hydrogens is 257 g/mol. The van der Waals surface area contributed by atoms with E-state index >= 15 is 0 Å². The molecule has 104 valence electrons. The molecule has 19 heavy (non-hydrogen) atoms. The Balaban J connectivity index is 1.58. The third-order valence-electron chi connectivity index (χ3n) is 3.83. The van der Waals surface area contributed by atoms with Crippen LogP contribution in [0.1, 0.15) is 30.1 Å². The fourth-order valence-corrected chi connectivity index (χ4v) is 2.11. The second kappa shape index (κ2) is 4.42. The lowest BCUT2D eigenvalue weighted by Crippen LogP contribution is -2.44. The lowest BCUT2D eigenvalue weighted by Gasteiger charge is -2.26. The quantitative estimate of drug-likeness (QED) is 0.868. The molecule has 0 spiro atoms. The van der Waals surface area contributed by atoms with E-state index in [4.69, 9.17) is 0 Å². The minimum atomic E-state index is -4.18. The van der Waals surface area contributed by atoms with Crippen molar-refractivity contribution in [1.82, 2.24) is 20.6 Å². The maximum absolute atomic E-state index is 12.7. The highest BCUT2D eigenvalue weighted by Gasteiger charge is 2.62. The summed E-state index contributed by atoms with van der Waals surface area (Å²) in [7, 11) is 0. The number of alkyl halides is 3. The Labute approximate surface area is 108 Å². The molecule has 2 aliphatic rings. The average molecular weight is 272 g/mol. The minimum Gasteiger partial charge on any atom is -0.315 e. The molecule has 2 fully saturated rings. The van der Waals surface area contributed by atoms with Crippen molar-refractivity contribution in [2.75, 3.05) is 13.1 Å². The molecule has 0 unspecified atom stereocenters. The van der Waals surface area contributed by atoms with E-state index in [-0.39, 0.29) is 19.4 Å². The Morgan fingerprint density at radius 1 is 1.26 bits per heavy atom. The summed E-state index contributed by atoms with van der Waals surface area (Å²) in [4.78, 5) is 8.43. The van der Waals surface area contributed by atoms with Crippen LogP contribution in [0, 0.1) is 0 Å². The van der Waals surface area contributed by atoms with Crippen LogP contribution in [0.3, 0.4) is 0 Å². The second-order valence-corrected chi connectivity index (χ2v) is 5.22. The number of aromatic nitrogens is 2. The molecule has 0 bridgehead atoms. The van der Waals surface area contributed by atoms with Crippen LogP contribution >= 0.6 is 0 Å². The van der Waals surface area contributed by atoms with Gasteiger partial charge < -0.3 is 5.32 Å². The molecule has 4 nitrogen and oxygen atoms in total. The standard InChI is InChI=1S/C12H15F3N4/c13-12(14,15)11(1-2-11)19-6-9-5-18-10(7-17-9)8-3-16-4-8/h5,7-8,16,19H,1-4,6H2. The van der Waals surface area contributed by atoms with Gasteiger partial charge in [0.05, 0.1) is 17.6 Å². The molecule has 1 aromatic rings. The first kappa shape index (κ1) is 12.8. The molecule has 7 heteroatoms. The van der Waals surface area contributed by atoms with Crippen molar-refractivity contribution in [3.05, 3.63) is 23.8 Å². The zero-order chi connectivity index (χ0) is 13.5.